The average Bonchev–Trinajstić information content (AvgIpc) is 3.14. The zero-order valence-electron chi connectivity index (χ0n) is 18.6. The fourth-order valence-corrected chi connectivity index (χ4v) is 6.47. The number of piperazine rings is 1. The van der Waals surface area contributed by atoms with E-state index in [2.05, 4.69) is 20.9 Å². The first kappa shape index (κ1) is 26.5. The van der Waals surface area contributed by atoms with Crippen LogP contribution < -0.4 is 9.38 Å². The normalized spacial score (nSPS) is 16.5. The molecule has 2 aromatic carbocycles. The number of aromatic nitrogens is 1. The van der Waals surface area contributed by atoms with E-state index in [1.165, 1.54) is 30.2 Å². The molecule has 1 aliphatic rings. The SMILES string of the molecule is COc1ccc(S(=O)(=O)c2[nH]c3cc(Br)ccc3c2C)cc1[N+]1([O-])CCN(C(=O)C(Cl)(Cl)Cl)CC1. The van der Waals surface area contributed by atoms with Crippen LogP contribution in [0.15, 0.2) is 50.8 Å². The molecule has 35 heavy (non-hydrogen) atoms. The highest BCUT2D eigenvalue weighted by atomic mass is 79.9. The number of methoxy groups -OCH3 is 1. The minimum Gasteiger partial charge on any atom is -0.627 e. The third-order valence-electron chi connectivity index (χ3n) is 6.13. The highest BCUT2D eigenvalue weighted by molar-refractivity contribution is 9.10. The quantitative estimate of drug-likeness (QED) is 0.247. The number of hydrogen-bond donors (Lipinski definition) is 1. The Kier molecular flexibility index (Phi) is 7.13. The molecule has 1 aliphatic heterocycles. The minimum absolute atomic E-state index is 0.0341. The van der Waals surface area contributed by atoms with Gasteiger partial charge in [-0.1, -0.05) is 56.8 Å². The van der Waals surface area contributed by atoms with Crippen LogP contribution in [0.1, 0.15) is 5.56 Å². The Labute approximate surface area is 225 Å². The Hall–Kier alpha value is -1.53. The van der Waals surface area contributed by atoms with Crippen molar-refractivity contribution in [3.05, 3.63) is 51.6 Å². The van der Waals surface area contributed by atoms with Gasteiger partial charge in [-0.15, -0.1) is 0 Å². The van der Waals surface area contributed by atoms with Gasteiger partial charge in [0, 0.05) is 21.4 Å². The van der Waals surface area contributed by atoms with Gasteiger partial charge in [-0.3, -0.25) is 4.79 Å². The lowest BCUT2D eigenvalue weighted by Gasteiger charge is -2.48. The molecule has 1 amide bonds. The van der Waals surface area contributed by atoms with E-state index in [0.29, 0.717) is 11.1 Å². The number of aromatic amines is 1. The van der Waals surface area contributed by atoms with E-state index in [4.69, 9.17) is 39.5 Å². The maximum atomic E-state index is 13.8. The van der Waals surface area contributed by atoms with Crippen LogP contribution in [0.2, 0.25) is 0 Å². The van der Waals surface area contributed by atoms with Crippen LogP contribution in [0, 0.1) is 12.1 Å². The van der Waals surface area contributed by atoms with Gasteiger partial charge in [0.25, 0.3) is 9.70 Å². The molecule has 0 saturated carbocycles. The molecule has 1 N–H and O–H groups in total. The molecular formula is C22H21BrCl3N3O5S. The molecule has 0 bridgehead atoms. The van der Waals surface area contributed by atoms with Gasteiger partial charge in [-0.2, -0.15) is 0 Å². The van der Waals surface area contributed by atoms with Crippen LogP contribution in [0.4, 0.5) is 5.69 Å². The van der Waals surface area contributed by atoms with Crippen molar-refractivity contribution in [2.75, 3.05) is 33.3 Å². The number of halogens is 4. The second kappa shape index (κ2) is 9.41. The molecule has 2 heterocycles. The fraction of sp³-hybridized carbons (Fsp3) is 0.318. The molecule has 0 unspecified atom stereocenters. The molecule has 0 radical (unpaired) electrons. The van der Waals surface area contributed by atoms with Gasteiger partial charge in [0.1, 0.15) is 18.1 Å². The number of carbonyl (C=O) groups excluding carboxylic acids is 1. The molecule has 1 fully saturated rings. The van der Waals surface area contributed by atoms with Gasteiger partial charge in [-0.05, 0) is 36.8 Å². The van der Waals surface area contributed by atoms with Crippen molar-refractivity contribution < 1.29 is 17.9 Å². The predicted molar refractivity (Wildman–Crippen MR) is 141 cm³/mol. The number of aryl methyl sites for hydroxylation is 1. The molecule has 0 aliphatic carbocycles. The number of carbonyl (C=O) groups is 1. The molecule has 1 saturated heterocycles. The number of nitrogens with one attached hydrogen (secondary N) is 1. The van der Waals surface area contributed by atoms with Crippen LogP contribution in [0.25, 0.3) is 10.9 Å². The second-order valence-electron chi connectivity index (χ2n) is 8.23. The maximum Gasteiger partial charge on any atom is 0.275 e. The molecule has 13 heteroatoms. The zero-order valence-corrected chi connectivity index (χ0v) is 23.3. The van der Waals surface area contributed by atoms with Crippen LogP contribution in [0.3, 0.4) is 0 Å². The van der Waals surface area contributed by atoms with Crippen molar-refractivity contribution in [2.45, 2.75) is 20.6 Å². The molecule has 8 nitrogen and oxygen atoms in total. The molecule has 3 aromatic rings. The van der Waals surface area contributed by atoms with E-state index < -0.39 is 24.2 Å². The fourth-order valence-electron chi connectivity index (χ4n) is 4.24. The summed E-state index contributed by atoms with van der Waals surface area (Å²) in [6.45, 7) is 1.67. The standard InChI is InChI=1S/C22H21BrCl3N3O5S/c1-13-16-5-3-14(23)11-17(16)27-20(13)35(32,33)15-4-6-19(34-2)18(12-15)29(31)9-7-28(8-10-29)21(30)22(24,25)26/h3-6,11-12,27H,7-10H2,1-2H3. The van der Waals surface area contributed by atoms with Crippen LogP contribution >= 0.6 is 50.7 Å². The van der Waals surface area contributed by atoms with Crippen molar-refractivity contribution in [1.29, 1.82) is 0 Å². The first-order valence-corrected chi connectivity index (χ1v) is 13.8. The van der Waals surface area contributed by atoms with Gasteiger partial charge in [0.05, 0.1) is 25.1 Å². The number of alkyl halides is 3. The summed E-state index contributed by atoms with van der Waals surface area (Å²) in [5.41, 5.74) is 1.40. The number of amides is 1. The van der Waals surface area contributed by atoms with Crippen molar-refractivity contribution in [2.24, 2.45) is 0 Å². The van der Waals surface area contributed by atoms with Crippen molar-refractivity contribution in [3.63, 3.8) is 0 Å². The first-order chi connectivity index (χ1) is 16.3. The number of H-pyrrole nitrogens is 1. The summed E-state index contributed by atoms with van der Waals surface area (Å²) in [6, 6.07) is 9.69. The molecular weight excluding hydrogens is 605 g/mol. The highest BCUT2D eigenvalue weighted by Crippen LogP contribution is 2.39. The van der Waals surface area contributed by atoms with Crippen molar-refractivity contribution in [1.82, 2.24) is 14.5 Å². The molecule has 188 valence electrons. The minimum atomic E-state index is -3.99. The topological polar surface area (TPSA) is 103 Å². The zero-order chi connectivity index (χ0) is 25.8. The lowest BCUT2D eigenvalue weighted by atomic mass is 10.2. The third kappa shape index (κ3) is 4.90. The van der Waals surface area contributed by atoms with Crippen molar-refractivity contribution >= 4 is 83.1 Å². The summed E-state index contributed by atoms with van der Waals surface area (Å²) < 4.78 is 30.4. The summed E-state index contributed by atoms with van der Waals surface area (Å²) >= 11 is 20.5. The van der Waals surface area contributed by atoms with E-state index in [1.807, 2.05) is 12.1 Å². The van der Waals surface area contributed by atoms with Gasteiger partial charge < -0.3 is 24.5 Å². The number of rotatable bonds is 4. The Bertz CT molecular complexity index is 1410. The van der Waals surface area contributed by atoms with E-state index in [0.717, 1.165) is 9.86 Å². The largest absolute Gasteiger partial charge is 0.627 e. The van der Waals surface area contributed by atoms with Gasteiger partial charge >= 0.3 is 0 Å². The maximum absolute atomic E-state index is 13.8. The number of hydrogen-bond acceptors (Lipinski definition) is 5. The van der Waals surface area contributed by atoms with Crippen LogP contribution in [-0.2, 0) is 14.6 Å². The average molecular weight is 626 g/mol. The predicted octanol–water partition coefficient (Wildman–Crippen LogP) is 5.10. The Balaban J connectivity index is 1.72. The van der Waals surface area contributed by atoms with E-state index in [9.17, 15) is 18.4 Å². The number of fused-ring (bicyclic) bond motifs is 1. The number of nitrogens with zero attached hydrogens (tertiary/aromatic N) is 2. The molecule has 0 atom stereocenters. The van der Waals surface area contributed by atoms with Gasteiger partial charge in [0.2, 0.25) is 9.84 Å². The van der Waals surface area contributed by atoms with E-state index >= 15 is 0 Å². The lowest BCUT2D eigenvalue weighted by molar-refractivity contribution is -0.131. The van der Waals surface area contributed by atoms with Crippen LogP contribution in [0.5, 0.6) is 5.75 Å². The number of benzene rings is 2. The van der Waals surface area contributed by atoms with E-state index in [1.54, 1.807) is 13.0 Å². The molecule has 1 aromatic heterocycles. The first-order valence-electron chi connectivity index (χ1n) is 10.4. The second-order valence-corrected chi connectivity index (χ2v) is 13.3. The number of hydroxylamine groups is 2. The molecule has 4 rings (SSSR count). The Morgan fingerprint density at radius 1 is 1.17 bits per heavy atom. The number of ether oxygens (including phenoxy) is 1. The van der Waals surface area contributed by atoms with Gasteiger partial charge in [-0.25, -0.2) is 8.42 Å². The highest BCUT2D eigenvalue weighted by Gasteiger charge is 2.40. The van der Waals surface area contributed by atoms with E-state index in [-0.39, 0.29) is 47.5 Å². The summed E-state index contributed by atoms with van der Waals surface area (Å²) in [6.07, 6.45) is 0. The smallest absolute Gasteiger partial charge is 0.275 e. The monoisotopic (exact) mass is 623 g/mol. The lowest BCUT2D eigenvalue weighted by Crippen LogP contribution is -2.59. The van der Waals surface area contributed by atoms with Crippen molar-refractivity contribution in [3.8, 4) is 5.75 Å². The third-order valence-corrected chi connectivity index (χ3v) is 8.93. The number of sulfone groups is 1. The van der Waals surface area contributed by atoms with Gasteiger partial charge in [0.15, 0.2) is 11.4 Å². The Morgan fingerprint density at radius 2 is 1.83 bits per heavy atom. The summed E-state index contributed by atoms with van der Waals surface area (Å²) in [5.74, 6) is -0.463. The van der Waals surface area contributed by atoms with Crippen LogP contribution in [-0.4, -0.2) is 61.3 Å². The molecule has 0 spiro atoms. The number of quaternary nitrogens is 1. The summed E-state index contributed by atoms with van der Waals surface area (Å²) in [4.78, 5) is 16.5. The Morgan fingerprint density at radius 3 is 2.43 bits per heavy atom. The summed E-state index contributed by atoms with van der Waals surface area (Å²) in [5, 5.41) is 14.6. The summed E-state index contributed by atoms with van der Waals surface area (Å²) in [7, 11) is -2.59.